The second-order valence-corrected chi connectivity index (χ2v) is 7.33. The van der Waals surface area contributed by atoms with Gasteiger partial charge in [-0.2, -0.15) is 0 Å². The van der Waals surface area contributed by atoms with Crippen molar-refractivity contribution in [2.45, 2.75) is 64.9 Å². The Morgan fingerprint density at radius 3 is 1.94 bits per heavy atom. The zero-order valence-corrected chi connectivity index (χ0v) is 19.2. The standard InChI is InChI=1S/C22H27NO11/c1-12(24)29-11-17-19(31-13(2)25)20(32-14(3)26)18(21(34-17)33-15(4)27)23-22(28)30-10-16-8-6-5-7-9-16/h5-9,17-21H,10-11H2,1-4H3,(H,23,28)/t17-,18-,19-,20+,21+/m0/s1. The van der Waals surface area contributed by atoms with Gasteiger partial charge in [-0.15, -0.1) is 0 Å². The van der Waals surface area contributed by atoms with E-state index < -0.39 is 67.2 Å². The molecule has 0 saturated carbocycles. The third-order valence-electron chi connectivity index (χ3n) is 4.48. The van der Waals surface area contributed by atoms with Crippen LogP contribution in [-0.4, -0.2) is 67.2 Å². The number of hydrogen-bond donors (Lipinski definition) is 1. The van der Waals surface area contributed by atoms with Gasteiger partial charge in [-0.1, -0.05) is 30.3 Å². The van der Waals surface area contributed by atoms with Crippen LogP contribution in [0, 0.1) is 0 Å². The molecule has 34 heavy (non-hydrogen) atoms. The Balaban J connectivity index is 2.30. The number of esters is 4. The summed E-state index contributed by atoms with van der Waals surface area (Å²) in [6.07, 6.45) is -6.29. The lowest BCUT2D eigenvalue weighted by Gasteiger charge is -2.44. The molecule has 5 atom stereocenters. The van der Waals surface area contributed by atoms with Crippen LogP contribution in [0.1, 0.15) is 33.3 Å². The van der Waals surface area contributed by atoms with Crippen LogP contribution in [0.15, 0.2) is 30.3 Å². The first-order valence-electron chi connectivity index (χ1n) is 10.3. The molecule has 1 N–H and O–H groups in total. The summed E-state index contributed by atoms with van der Waals surface area (Å²) >= 11 is 0. The Labute approximate surface area is 195 Å². The molecule has 186 valence electrons. The highest BCUT2D eigenvalue weighted by Gasteiger charge is 2.52. The molecule has 12 nitrogen and oxygen atoms in total. The second-order valence-electron chi connectivity index (χ2n) is 7.33. The van der Waals surface area contributed by atoms with Gasteiger partial charge in [0.1, 0.15) is 25.4 Å². The summed E-state index contributed by atoms with van der Waals surface area (Å²) in [5.41, 5.74) is 0.713. The molecule has 1 saturated heterocycles. The Bertz CT molecular complexity index is 888. The number of ether oxygens (including phenoxy) is 6. The van der Waals surface area contributed by atoms with Crippen molar-refractivity contribution in [2.75, 3.05) is 6.61 Å². The maximum Gasteiger partial charge on any atom is 0.408 e. The number of carbonyl (C=O) groups is 5. The summed E-state index contributed by atoms with van der Waals surface area (Å²) in [5.74, 6) is -2.95. The molecule has 0 bridgehead atoms. The Kier molecular flexibility index (Phi) is 9.80. The van der Waals surface area contributed by atoms with Gasteiger partial charge in [0.05, 0.1) is 0 Å². The Hall–Kier alpha value is -3.67. The van der Waals surface area contributed by atoms with Crippen LogP contribution < -0.4 is 5.32 Å². The number of amides is 1. The monoisotopic (exact) mass is 481 g/mol. The van der Waals surface area contributed by atoms with Gasteiger partial charge >= 0.3 is 30.0 Å². The molecule has 1 aromatic rings. The van der Waals surface area contributed by atoms with Crippen molar-refractivity contribution in [1.29, 1.82) is 0 Å². The molecule has 1 amide bonds. The lowest BCUT2D eigenvalue weighted by molar-refractivity contribution is -0.270. The molecule has 0 aromatic heterocycles. The van der Waals surface area contributed by atoms with E-state index in [1.807, 2.05) is 0 Å². The minimum Gasteiger partial charge on any atom is -0.463 e. The van der Waals surface area contributed by atoms with Crippen molar-refractivity contribution in [3.05, 3.63) is 35.9 Å². The summed E-state index contributed by atoms with van der Waals surface area (Å²) in [4.78, 5) is 59.1. The Morgan fingerprint density at radius 2 is 1.38 bits per heavy atom. The largest absolute Gasteiger partial charge is 0.463 e. The lowest BCUT2D eigenvalue weighted by atomic mass is 9.96. The van der Waals surface area contributed by atoms with Crippen LogP contribution in [0.5, 0.6) is 0 Å². The highest BCUT2D eigenvalue weighted by atomic mass is 16.7. The summed E-state index contributed by atoms with van der Waals surface area (Å²) in [5, 5.41) is 2.45. The maximum absolute atomic E-state index is 12.5. The fourth-order valence-electron chi connectivity index (χ4n) is 3.22. The number of rotatable bonds is 8. The predicted molar refractivity (Wildman–Crippen MR) is 112 cm³/mol. The number of nitrogens with one attached hydrogen (secondary N) is 1. The fourth-order valence-corrected chi connectivity index (χ4v) is 3.22. The van der Waals surface area contributed by atoms with E-state index in [2.05, 4.69) is 5.32 Å². The maximum atomic E-state index is 12.5. The van der Waals surface area contributed by atoms with Gasteiger partial charge in [0.15, 0.2) is 12.2 Å². The molecule has 1 fully saturated rings. The minimum absolute atomic E-state index is 0.0703. The lowest BCUT2D eigenvalue weighted by Crippen LogP contribution is -2.67. The zero-order chi connectivity index (χ0) is 25.3. The smallest absolute Gasteiger partial charge is 0.408 e. The van der Waals surface area contributed by atoms with E-state index in [1.165, 1.54) is 0 Å². The van der Waals surface area contributed by atoms with E-state index in [4.69, 9.17) is 28.4 Å². The van der Waals surface area contributed by atoms with Gasteiger partial charge in [-0.25, -0.2) is 4.79 Å². The molecule has 2 rings (SSSR count). The summed E-state index contributed by atoms with van der Waals surface area (Å²) in [6.45, 7) is 4.00. The SMILES string of the molecule is CC(=O)OC[C@@H]1O[C@@H](OC(C)=O)[C@@H](NC(=O)OCc2ccccc2)[C@@H](OC(C)=O)[C@H]1OC(C)=O. The summed E-state index contributed by atoms with van der Waals surface area (Å²) in [6, 6.07) is 7.51. The zero-order valence-electron chi connectivity index (χ0n) is 19.2. The van der Waals surface area contributed by atoms with E-state index in [9.17, 15) is 24.0 Å². The van der Waals surface area contributed by atoms with Crippen LogP contribution in [0.2, 0.25) is 0 Å². The molecule has 0 aliphatic carbocycles. The third-order valence-corrected chi connectivity index (χ3v) is 4.48. The molecule has 12 heteroatoms. The Morgan fingerprint density at radius 1 is 0.794 bits per heavy atom. The van der Waals surface area contributed by atoms with Crippen LogP contribution >= 0.6 is 0 Å². The number of benzene rings is 1. The first-order valence-corrected chi connectivity index (χ1v) is 10.3. The van der Waals surface area contributed by atoms with Crippen molar-refractivity contribution in [3.8, 4) is 0 Å². The fraction of sp³-hybridized carbons (Fsp3) is 0.500. The van der Waals surface area contributed by atoms with E-state index >= 15 is 0 Å². The molecule has 1 aromatic carbocycles. The van der Waals surface area contributed by atoms with E-state index in [-0.39, 0.29) is 6.61 Å². The molecule has 1 aliphatic rings. The first kappa shape index (κ1) is 26.6. The molecule has 0 spiro atoms. The highest BCUT2D eigenvalue weighted by Crippen LogP contribution is 2.28. The van der Waals surface area contributed by atoms with E-state index in [0.717, 1.165) is 27.7 Å². The van der Waals surface area contributed by atoms with E-state index in [1.54, 1.807) is 30.3 Å². The van der Waals surface area contributed by atoms with Gasteiger partial charge in [0, 0.05) is 27.7 Å². The quantitative estimate of drug-likeness (QED) is 0.418. The van der Waals surface area contributed by atoms with Crippen LogP contribution in [-0.2, 0) is 54.2 Å². The number of carbonyl (C=O) groups excluding carboxylic acids is 5. The topological polar surface area (TPSA) is 153 Å². The minimum atomic E-state index is -1.49. The molecule has 0 unspecified atom stereocenters. The average Bonchev–Trinajstić information content (AvgIpc) is 2.74. The molecule has 1 heterocycles. The van der Waals surface area contributed by atoms with Gasteiger partial charge in [0.2, 0.25) is 6.29 Å². The normalized spacial score (nSPS) is 23.7. The van der Waals surface area contributed by atoms with Crippen molar-refractivity contribution in [3.63, 3.8) is 0 Å². The van der Waals surface area contributed by atoms with Crippen LogP contribution in [0.25, 0.3) is 0 Å². The third kappa shape index (κ3) is 8.35. The van der Waals surface area contributed by atoms with Crippen LogP contribution in [0.3, 0.4) is 0 Å². The van der Waals surface area contributed by atoms with Gasteiger partial charge in [-0.05, 0) is 5.56 Å². The molecule has 0 radical (unpaired) electrons. The second kappa shape index (κ2) is 12.5. The van der Waals surface area contributed by atoms with Crippen molar-refractivity contribution in [2.24, 2.45) is 0 Å². The van der Waals surface area contributed by atoms with Crippen molar-refractivity contribution in [1.82, 2.24) is 5.32 Å². The van der Waals surface area contributed by atoms with Gasteiger partial charge in [0.25, 0.3) is 0 Å². The summed E-state index contributed by atoms with van der Waals surface area (Å²) in [7, 11) is 0. The summed E-state index contributed by atoms with van der Waals surface area (Å²) < 4.78 is 31.6. The van der Waals surface area contributed by atoms with Crippen molar-refractivity contribution < 1.29 is 52.4 Å². The number of hydrogen-bond acceptors (Lipinski definition) is 11. The van der Waals surface area contributed by atoms with Gasteiger partial charge < -0.3 is 33.7 Å². The van der Waals surface area contributed by atoms with Gasteiger partial charge in [-0.3, -0.25) is 19.2 Å². The average molecular weight is 481 g/mol. The molecular weight excluding hydrogens is 454 g/mol. The predicted octanol–water partition coefficient (Wildman–Crippen LogP) is 0.996. The van der Waals surface area contributed by atoms with E-state index in [0.29, 0.717) is 5.56 Å². The highest BCUT2D eigenvalue weighted by molar-refractivity contribution is 5.70. The first-order chi connectivity index (χ1) is 16.1. The molecular formula is C22H27NO11. The van der Waals surface area contributed by atoms with Crippen molar-refractivity contribution >= 4 is 30.0 Å². The number of alkyl carbamates (subject to hydrolysis) is 1. The van der Waals surface area contributed by atoms with Crippen LogP contribution in [0.4, 0.5) is 4.79 Å². The molecule has 1 aliphatic heterocycles.